The number of hydrogen-bond donors (Lipinski definition) is 2. The van der Waals surface area contributed by atoms with Crippen molar-refractivity contribution < 1.29 is 0 Å². The van der Waals surface area contributed by atoms with Crippen molar-refractivity contribution in [2.45, 2.75) is 51.0 Å². The largest absolute Gasteiger partial charge is 0.344 e. The molecule has 0 saturated heterocycles. The lowest BCUT2D eigenvalue weighted by Gasteiger charge is -2.13. The molecule has 0 spiro atoms. The van der Waals surface area contributed by atoms with E-state index in [-0.39, 0.29) is 18.6 Å². The quantitative estimate of drug-likeness (QED) is 0.602. The molecule has 0 bridgehead atoms. The fourth-order valence-corrected chi connectivity index (χ4v) is 1.49. The number of nitrogens with two attached hydrogens (primary N) is 1. The SMILES string of the molecule is Cl.N.NC1CCCCCCC1. The summed E-state index contributed by atoms with van der Waals surface area (Å²) in [6.45, 7) is 0. The summed E-state index contributed by atoms with van der Waals surface area (Å²) in [5, 5.41) is 0. The van der Waals surface area contributed by atoms with Crippen LogP contribution in [0.3, 0.4) is 0 Å². The highest BCUT2D eigenvalue weighted by Gasteiger charge is 2.04. The smallest absolute Gasteiger partial charge is 0.00388 e. The summed E-state index contributed by atoms with van der Waals surface area (Å²) < 4.78 is 0. The molecule has 0 heterocycles. The Hall–Kier alpha value is 0.210. The van der Waals surface area contributed by atoms with Gasteiger partial charge < -0.3 is 11.9 Å². The highest BCUT2D eigenvalue weighted by Crippen LogP contribution is 2.15. The summed E-state index contributed by atoms with van der Waals surface area (Å²) in [5.74, 6) is 0. The molecule has 0 aromatic heterocycles. The van der Waals surface area contributed by atoms with Gasteiger partial charge in [-0.15, -0.1) is 12.4 Å². The van der Waals surface area contributed by atoms with E-state index in [1.807, 2.05) is 0 Å². The molecule has 1 fully saturated rings. The molecule has 3 heteroatoms. The van der Waals surface area contributed by atoms with Gasteiger partial charge in [-0.1, -0.05) is 32.1 Å². The molecule has 0 unspecified atom stereocenters. The van der Waals surface area contributed by atoms with Crippen LogP contribution in [-0.4, -0.2) is 6.04 Å². The molecule has 1 aliphatic rings. The van der Waals surface area contributed by atoms with Gasteiger partial charge in [-0.25, -0.2) is 0 Å². The molecule has 0 aliphatic heterocycles. The Morgan fingerprint density at radius 1 is 0.818 bits per heavy atom. The Balaban J connectivity index is 0. The summed E-state index contributed by atoms with van der Waals surface area (Å²) >= 11 is 0. The predicted octanol–water partition coefficient (Wildman–Crippen LogP) is 2.64. The lowest BCUT2D eigenvalue weighted by molar-refractivity contribution is 0.453. The van der Waals surface area contributed by atoms with Gasteiger partial charge >= 0.3 is 0 Å². The minimum absolute atomic E-state index is 0. The lowest BCUT2D eigenvalue weighted by atomic mass is 9.98. The number of hydrogen-bond acceptors (Lipinski definition) is 2. The van der Waals surface area contributed by atoms with Crippen LogP contribution < -0.4 is 11.9 Å². The van der Waals surface area contributed by atoms with Crippen LogP contribution in [0.1, 0.15) is 44.9 Å². The summed E-state index contributed by atoms with van der Waals surface area (Å²) in [6.07, 6.45) is 9.51. The van der Waals surface area contributed by atoms with Crippen molar-refractivity contribution >= 4 is 12.4 Å². The van der Waals surface area contributed by atoms with Crippen molar-refractivity contribution in [1.29, 1.82) is 0 Å². The molecule has 0 atom stereocenters. The third-order valence-electron chi connectivity index (χ3n) is 2.15. The first kappa shape index (κ1) is 13.8. The van der Waals surface area contributed by atoms with E-state index in [2.05, 4.69) is 0 Å². The second kappa shape index (κ2) is 8.31. The van der Waals surface area contributed by atoms with E-state index in [1.54, 1.807) is 0 Å². The molecule has 5 N–H and O–H groups in total. The van der Waals surface area contributed by atoms with Crippen LogP contribution in [0, 0.1) is 0 Å². The van der Waals surface area contributed by atoms with Crippen LogP contribution in [-0.2, 0) is 0 Å². The summed E-state index contributed by atoms with van der Waals surface area (Å²) in [6, 6.07) is 0.519. The maximum atomic E-state index is 5.80. The molecule has 0 amide bonds. The van der Waals surface area contributed by atoms with Crippen LogP contribution in [0.15, 0.2) is 0 Å². The highest BCUT2D eigenvalue weighted by atomic mass is 35.5. The standard InChI is InChI=1S/C8H17N.ClH.H3N/c9-8-6-4-2-1-3-5-7-8;;/h8H,1-7,9H2;1H;1H3. The third-order valence-corrected chi connectivity index (χ3v) is 2.15. The van der Waals surface area contributed by atoms with Crippen molar-refractivity contribution in [3.8, 4) is 0 Å². The average molecular weight is 181 g/mol. The van der Waals surface area contributed by atoms with Crippen molar-refractivity contribution in [2.24, 2.45) is 5.73 Å². The molecular formula is C8H21ClN2. The van der Waals surface area contributed by atoms with Crippen LogP contribution in [0.2, 0.25) is 0 Å². The Kier molecular flexibility index (Phi) is 10.4. The second-order valence-electron chi connectivity index (χ2n) is 3.11. The monoisotopic (exact) mass is 180 g/mol. The second-order valence-corrected chi connectivity index (χ2v) is 3.11. The van der Waals surface area contributed by atoms with Crippen molar-refractivity contribution in [2.75, 3.05) is 0 Å². The Labute approximate surface area is 75.9 Å². The zero-order chi connectivity index (χ0) is 6.53. The molecule has 2 nitrogen and oxygen atoms in total. The predicted molar refractivity (Wildman–Crippen MR) is 52.6 cm³/mol. The lowest BCUT2D eigenvalue weighted by Crippen LogP contribution is -2.20. The van der Waals surface area contributed by atoms with Crippen molar-refractivity contribution in [3.63, 3.8) is 0 Å². The van der Waals surface area contributed by atoms with Crippen LogP contribution in [0.4, 0.5) is 0 Å². The van der Waals surface area contributed by atoms with Crippen LogP contribution in [0.25, 0.3) is 0 Å². The van der Waals surface area contributed by atoms with E-state index >= 15 is 0 Å². The van der Waals surface area contributed by atoms with Gasteiger partial charge in [0.1, 0.15) is 0 Å². The normalized spacial score (nSPS) is 20.5. The van der Waals surface area contributed by atoms with E-state index in [0.29, 0.717) is 6.04 Å². The first-order valence-electron chi connectivity index (χ1n) is 4.15. The van der Waals surface area contributed by atoms with Gasteiger partial charge in [0, 0.05) is 6.04 Å². The Morgan fingerprint density at radius 3 is 1.64 bits per heavy atom. The van der Waals surface area contributed by atoms with Crippen LogP contribution in [0.5, 0.6) is 0 Å². The first-order chi connectivity index (χ1) is 4.39. The van der Waals surface area contributed by atoms with E-state index in [1.165, 1.54) is 44.9 Å². The molecule has 0 radical (unpaired) electrons. The van der Waals surface area contributed by atoms with Gasteiger partial charge in [0.2, 0.25) is 0 Å². The molecular weight excluding hydrogens is 160 g/mol. The Bertz CT molecular complexity index is 70.5. The van der Waals surface area contributed by atoms with Crippen LogP contribution >= 0.6 is 12.4 Å². The maximum Gasteiger partial charge on any atom is 0.00388 e. The first-order valence-corrected chi connectivity index (χ1v) is 4.15. The molecule has 1 saturated carbocycles. The molecule has 1 aliphatic carbocycles. The third kappa shape index (κ3) is 6.60. The molecule has 0 aromatic rings. The van der Waals surface area contributed by atoms with Gasteiger partial charge in [-0.05, 0) is 12.8 Å². The highest BCUT2D eigenvalue weighted by molar-refractivity contribution is 5.85. The molecule has 11 heavy (non-hydrogen) atoms. The van der Waals surface area contributed by atoms with Gasteiger partial charge in [-0.3, -0.25) is 0 Å². The van der Waals surface area contributed by atoms with Crippen molar-refractivity contribution in [3.05, 3.63) is 0 Å². The average Bonchev–Trinajstić information content (AvgIpc) is 1.79. The van der Waals surface area contributed by atoms with Gasteiger partial charge in [0.05, 0.1) is 0 Å². The van der Waals surface area contributed by atoms with E-state index in [4.69, 9.17) is 5.73 Å². The zero-order valence-electron chi connectivity index (χ0n) is 7.22. The minimum atomic E-state index is 0. The topological polar surface area (TPSA) is 61.0 Å². The fraction of sp³-hybridized carbons (Fsp3) is 1.00. The zero-order valence-corrected chi connectivity index (χ0v) is 8.04. The van der Waals surface area contributed by atoms with E-state index in [9.17, 15) is 0 Å². The van der Waals surface area contributed by atoms with Gasteiger partial charge in [0.15, 0.2) is 0 Å². The molecule has 1 rings (SSSR count). The summed E-state index contributed by atoms with van der Waals surface area (Å²) in [7, 11) is 0. The minimum Gasteiger partial charge on any atom is -0.344 e. The van der Waals surface area contributed by atoms with Gasteiger partial charge in [-0.2, -0.15) is 0 Å². The maximum absolute atomic E-state index is 5.80. The number of rotatable bonds is 0. The fourth-order valence-electron chi connectivity index (χ4n) is 1.49. The molecule has 70 valence electrons. The van der Waals surface area contributed by atoms with E-state index < -0.39 is 0 Å². The summed E-state index contributed by atoms with van der Waals surface area (Å²) in [5.41, 5.74) is 5.80. The number of halogens is 1. The van der Waals surface area contributed by atoms with E-state index in [0.717, 1.165) is 0 Å². The Morgan fingerprint density at radius 2 is 1.18 bits per heavy atom. The van der Waals surface area contributed by atoms with Crippen molar-refractivity contribution in [1.82, 2.24) is 6.15 Å². The van der Waals surface area contributed by atoms with Gasteiger partial charge in [0.25, 0.3) is 0 Å². The summed E-state index contributed by atoms with van der Waals surface area (Å²) in [4.78, 5) is 0. The molecule has 0 aromatic carbocycles.